The number of amides is 1. The van der Waals surface area contributed by atoms with Crippen molar-refractivity contribution in [1.82, 2.24) is 10.6 Å². The molecule has 0 aromatic heterocycles. The Bertz CT molecular complexity index is 216. The molecule has 0 aromatic rings. The normalized spacial score (nSPS) is 22.4. The van der Waals surface area contributed by atoms with Crippen LogP contribution in [0.3, 0.4) is 0 Å². The van der Waals surface area contributed by atoms with E-state index in [9.17, 15) is 9.90 Å². The van der Waals surface area contributed by atoms with E-state index in [0.717, 1.165) is 24.5 Å². The van der Waals surface area contributed by atoms with Gasteiger partial charge in [-0.1, -0.05) is 26.7 Å². The number of aliphatic hydroxyl groups is 1. The SMILES string of the molecule is CCC(CC)C(O)CNC(=O)[C@H]1CSCN1. The molecule has 0 aliphatic carbocycles. The zero-order valence-corrected chi connectivity index (χ0v) is 10.8. The Morgan fingerprint density at radius 2 is 2.25 bits per heavy atom. The van der Waals surface area contributed by atoms with E-state index < -0.39 is 6.10 Å². The van der Waals surface area contributed by atoms with E-state index in [-0.39, 0.29) is 17.9 Å². The van der Waals surface area contributed by atoms with Crippen molar-refractivity contribution in [3.8, 4) is 0 Å². The van der Waals surface area contributed by atoms with Crippen LogP contribution in [0.5, 0.6) is 0 Å². The summed E-state index contributed by atoms with van der Waals surface area (Å²) >= 11 is 1.73. The summed E-state index contributed by atoms with van der Waals surface area (Å²) in [6, 6.07) is -0.0843. The molecule has 1 fully saturated rings. The van der Waals surface area contributed by atoms with Crippen molar-refractivity contribution in [3.63, 3.8) is 0 Å². The number of carbonyl (C=O) groups excluding carboxylic acids is 1. The lowest BCUT2D eigenvalue weighted by molar-refractivity contribution is -0.123. The minimum absolute atomic E-state index is 0.00926. The zero-order chi connectivity index (χ0) is 12.0. The van der Waals surface area contributed by atoms with Crippen molar-refractivity contribution in [2.75, 3.05) is 18.2 Å². The fourth-order valence-corrected chi connectivity index (χ4v) is 2.83. The quantitative estimate of drug-likeness (QED) is 0.641. The third kappa shape index (κ3) is 3.96. The van der Waals surface area contributed by atoms with E-state index in [1.165, 1.54) is 0 Å². The number of carbonyl (C=O) groups is 1. The minimum atomic E-state index is -0.423. The minimum Gasteiger partial charge on any atom is -0.391 e. The van der Waals surface area contributed by atoms with E-state index in [1.807, 2.05) is 0 Å². The molecule has 1 aliphatic rings. The highest BCUT2D eigenvalue weighted by atomic mass is 32.2. The molecular weight excluding hydrogens is 224 g/mol. The van der Waals surface area contributed by atoms with Crippen LogP contribution in [0.4, 0.5) is 0 Å². The van der Waals surface area contributed by atoms with Crippen LogP contribution in [-0.2, 0) is 4.79 Å². The lowest BCUT2D eigenvalue weighted by atomic mass is 9.96. The predicted octanol–water partition coefficient (Wildman–Crippen LogP) is 0.562. The number of hydrogen-bond donors (Lipinski definition) is 3. The number of rotatable bonds is 6. The summed E-state index contributed by atoms with van der Waals surface area (Å²) in [6.45, 7) is 4.50. The number of aliphatic hydroxyl groups excluding tert-OH is 1. The Morgan fingerprint density at radius 1 is 1.56 bits per heavy atom. The first-order chi connectivity index (χ1) is 7.69. The van der Waals surface area contributed by atoms with Crippen LogP contribution in [0.15, 0.2) is 0 Å². The molecule has 1 saturated heterocycles. The molecule has 1 heterocycles. The molecule has 1 rings (SSSR count). The molecule has 0 radical (unpaired) electrons. The summed E-state index contributed by atoms with van der Waals surface area (Å²) in [5.74, 6) is 1.96. The van der Waals surface area contributed by atoms with Gasteiger partial charge in [-0.3, -0.25) is 10.1 Å². The largest absolute Gasteiger partial charge is 0.391 e. The second-order valence-electron chi connectivity index (χ2n) is 4.16. The lowest BCUT2D eigenvalue weighted by Crippen LogP contribution is -2.45. The first-order valence-corrected chi connectivity index (χ1v) is 7.11. The van der Waals surface area contributed by atoms with E-state index in [4.69, 9.17) is 0 Å². The molecule has 2 atom stereocenters. The lowest BCUT2D eigenvalue weighted by Gasteiger charge is -2.21. The molecule has 1 amide bonds. The molecule has 5 heteroatoms. The fourth-order valence-electron chi connectivity index (χ4n) is 1.89. The Balaban J connectivity index is 2.24. The summed E-state index contributed by atoms with van der Waals surface area (Å²) in [7, 11) is 0. The molecule has 1 aliphatic heterocycles. The summed E-state index contributed by atoms with van der Waals surface area (Å²) in [5.41, 5.74) is 0. The first-order valence-electron chi connectivity index (χ1n) is 5.95. The van der Waals surface area contributed by atoms with Gasteiger partial charge in [0.2, 0.25) is 5.91 Å². The van der Waals surface area contributed by atoms with Gasteiger partial charge >= 0.3 is 0 Å². The molecular formula is C11H22N2O2S. The average Bonchev–Trinajstić information content (AvgIpc) is 2.81. The van der Waals surface area contributed by atoms with Crippen LogP contribution in [-0.4, -0.2) is 41.3 Å². The molecule has 0 saturated carbocycles. The first kappa shape index (κ1) is 13.8. The topological polar surface area (TPSA) is 61.4 Å². The zero-order valence-electron chi connectivity index (χ0n) is 10.0. The molecule has 94 valence electrons. The average molecular weight is 246 g/mol. The van der Waals surface area contributed by atoms with Crippen molar-refractivity contribution >= 4 is 17.7 Å². The summed E-state index contributed by atoms with van der Waals surface area (Å²) in [5, 5.41) is 15.8. The van der Waals surface area contributed by atoms with Crippen LogP contribution < -0.4 is 10.6 Å². The molecule has 0 aromatic carbocycles. The third-order valence-electron chi connectivity index (χ3n) is 3.11. The predicted molar refractivity (Wildman–Crippen MR) is 67.3 cm³/mol. The maximum Gasteiger partial charge on any atom is 0.238 e. The van der Waals surface area contributed by atoms with Gasteiger partial charge in [-0.25, -0.2) is 0 Å². The number of hydrogen-bond acceptors (Lipinski definition) is 4. The Hall–Kier alpha value is -0.260. The standard InChI is InChI=1S/C11H22N2O2S/c1-3-8(4-2)10(14)5-12-11(15)9-6-16-7-13-9/h8-10,13-14H,3-7H2,1-2H3,(H,12,15)/t9-,10?/m1/s1. The van der Waals surface area contributed by atoms with Gasteiger partial charge in [-0.05, 0) is 5.92 Å². The second kappa shape index (κ2) is 7.14. The smallest absolute Gasteiger partial charge is 0.238 e. The third-order valence-corrected chi connectivity index (χ3v) is 4.05. The second-order valence-corrected chi connectivity index (χ2v) is 5.19. The van der Waals surface area contributed by atoms with E-state index in [1.54, 1.807) is 11.8 Å². The molecule has 16 heavy (non-hydrogen) atoms. The number of thioether (sulfide) groups is 1. The summed E-state index contributed by atoms with van der Waals surface area (Å²) in [4.78, 5) is 11.7. The highest BCUT2D eigenvalue weighted by molar-refractivity contribution is 7.99. The maximum atomic E-state index is 11.7. The van der Waals surface area contributed by atoms with Crippen LogP contribution >= 0.6 is 11.8 Å². The molecule has 3 N–H and O–H groups in total. The van der Waals surface area contributed by atoms with E-state index in [2.05, 4.69) is 24.5 Å². The summed E-state index contributed by atoms with van der Waals surface area (Å²) < 4.78 is 0. The van der Waals surface area contributed by atoms with Gasteiger partial charge in [-0.2, -0.15) is 0 Å². The van der Waals surface area contributed by atoms with Crippen LogP contribution in [0, 0.1) is 5.92 Å². The van der Waals surface area contributed by atoms with Crippen molar-refractivity contribution in [2.45, 2.75) is 38.8 Å². The van der Waals surface area contributed by atoms with Crippen molar-refractivity contribution in [2.24, 2.45) is 5.92 Å². The Kier molecular flexibility index (Phi) is 6.16. The van der Waals surface area contributed by atoms with E-state index in [0.29, 0.717) is 6.54 Å². The monoisotopic (exact) mass is 246 g/mol. The van der Waals surface area contributed by atoms with Gasteiger partial charge < -0.3 is 10.4 Å². The van der Waals surface area contributed by atoms with Crippen LogP contribution in [0.2, 0.25) is 0 Å². The van der Waals surface area contributed by atoms with Crippen LogP contribution in [0.1, 0.15) is 26.7 Å². The van der Waals surface area contributed by atoms with Gasteiger partial charge in [-0.15, -0.1) is 11.8 Å². The van der Waals surface area contributed by atoms with Gasteiger partial charge in [0.1, 0.15) is 0 Å². The van der Waals surface area contributed by atoms with Crippen LogP contribution in [0.25, 0.3) is 0 Å². The van der Waals surface area contributed by atoms with Gasteiger partial charge in [0.05, 0.1) is 12.1 Å². The van der Waals surface area contributed by atoms with Gasteiger partial charge in [0.25, 0.3) is 0 Å². The summed E-state index contributed by atoms with van der Waals surface area (Å²) in [6.07, 6.45) is 1.48. The maximum absolute atomic E-state index is 11.7. The highest BCUT2D eigenvalue weighted by Gasteiger charge is 2.23. The van der Waals surface area contributed by atoms with Crippen molar-refractivity contribution in [1.29, 1.82) is 0 Å². The number of nitrogens with one attached hydrogen (secondary N) is 2. The van der Waals surface area contributed by atoms with Crippen molar-refractivity contribution < 1.29 is 9.90 Å². The molecule has 1 unspecified atom stereocenters. The van der Waals surface area contributed by atoms with Gasteiger partial charge in [0, 0.05) is 18.2 Å². The Labute approximate surface area is 102 Å². The van der Waals surface area contributed by atoms with Crippen molar-refractivity contribution in [3.05, 3.63) is 0 Å². The van der Waals surface area contributed by atoms with E-state index >= 15 is 0 Å². The fraction of sp³-hybridized carbons (Fsp3) is 0.909. The Morgan fingerprint density at radius 3 is 2.75 bits per heavy atom. The van der Waals surface area contributed by atoms with Gasteiger partial charge in [0.15, 0.2) is 0 Å². The molecule has 0 spiro atoms. The highest BCUT2D eigenvalue weighted by Crippen LogP contribution is 2.13. The molecule has 0 bridgehead atoms. The molecule has 4 nitrogen and oxygen atoms in total.